The Hall–Kier alpha value is -2.96. The van der Waals surface area contributed by atoms with Crippen molar-refractivity contribution in [1.82, 2.24) is 9.88 Å². The number of aromatic amines is 1. The zero-order valence-electron chi connectivity index (χ0n) is 14.7. The highest BCUT2D eigenvalue weighted by molar-refractivity contribution is 5.84. The highest BCUT2D eigenvalue weighted by Gasteiger charge is 2.30. The van der Waals surface area contributed by atoms with Crippen LogP contribution in [0.4, 0.5) is 13.2 Å². The van der Waals surface area contributed by atoms with E-state index in [0.717, 1.165) is 22.0 Å². The summed E-state index contributed by atoms with van der Waals surface area (Å²) in [5.74, 6) is -0.310. The Kier molecular flexibility index (Phi) is 5.39. The van der Waals surface area contributed by atoms with Gasteiger partial charge in [-0.05, 0) is 35.7 Å². The largest absolute Gasteiger partial charge is 0.573 e. The Morgan fingerprint density at radius 3 is 2.52 bits per heavy atom. The average Bonchev–Trinajstić information content (AvgIpc) is 3.03. The van der Waals surface area contributed by atoms with Gasteiger partial charge in [0, 0.05) is 37.1 Å². The third-order valence-corrected chi connectivity index (χ3v) is 4.29. The van der Waals surface area contributed by atoms with Crippen LogP contribution in [0.1, 0.15) is 17.5 Å². The minimum Gasteiger partial charge on any atom is -0.406 e. The van der Waals surface area contributed by atoms with Crippen molar-refractivity contribution in [3.63, 3.8) is 0 Å². The standard InChI is InChI=1S/C20H19F3N2O2/c1-25(13-14-6-9-16(10-7-14)27-20(21,22)23)19(26)11-8-15-12-24-18-5-3-2-4-17(15)18/h2-7,9-10,12,24H,8,11,13H2,1H3. The number of nitrogens with one attached hydrogen (secondary N) is 1. The van der Waals surface area contributed by atoms with Crippen LogP contribution in [-0.2, 0) is 17.8 Å². The van der Waals surface area contributed by atoms with Gasteiger partial charge in [0.05, 0.1) is 0 Å². The number of fused-ring (bicyclic) bond motifs is 1. The average molecular weight is 376 g/mol. The number of nitrogens with zero attached hydrogens (tertiary/aromatic N) is 1. The molecule has 0 aliphatic carbocycles. The lowest BCUT2D eigenvalue weighted by molar-refractivity contribution is -0.274. The number of aromatic nitrogens is 1. The molecule has 0 atom stereocenters. The van der Waals surface area contributed by atoms with Gasteiger partial charge in [0.25, 0.3) is 0 Å². The first-order valence-corrected chi connectivity index (χ1v) is 8.45. The third-order valence-electron chi connectivity index (χ3n) is 4.29. The molecule has 0 aliphatic heterocycles. The number of amides is 1. The number of hydrogen-bond acceptors (Lipinski definition) is 2. The quantitative estimate of drug-likeness (QED) is 0.680. The molecule has 0 saturated heterocycles. The molecule has 3 rings (SSSR count). The number of aryl methyl sites for hydroxylation is 1. The lowest BCUT2D eigenvalue weighted by Gasteiger charge is -2.17. The normalized spacial score (nSPS) is 11.6. The van der Waals surface area contributed by atoms with Crippen molar-refractivity contribution < 1.29 is 22.7 Å². The Balaban J connectivity index is 1.54. The minimum atomic E-state index is -4.71. The summed E-state index contributed by atoms with van der Waals surface area (Å²) in [6.45, 7) is 0.318. The van der Waals surface area contributed by atoms with Gasteiger partial charge in [-0.2, -0.15) is 0 Å². The van der Waals surface area contributed by atoms with E-state index in [9.17, 15) is 18.0 Å². The van der Waals surface area contributed by atoms with Gasteiger partial charge in [-0.3, -0.25) is 4.79 Å². The van der Waals surface area contributed by atoms with Crippen LogP contribution in [0.2, 0.25) is 0 Å². The number of rotatable bonds is 6. The van der Waals surface area contributed by atoms with Crippen LogP contribution >= 0.6 is 0 Å². The number of alkyl halides is 3. The number of ether oxygens (including phenoxy) is 1. The Labute approximate surface area is 154 Å². The topological polar surface area (TPSA) is 45.3 Å². The third kappa shape index (κ3) is 5.03. The van der Waals surface area contributed by atoms with E-state index in [1.165, 1.54) is 24.3 Å². The van der Waals surface area contributed by atoms with Crippen LogP contribution < -0.4 is 4.74 Å². The summed E-state index contributed by atoms with van der Waals surface area (Å²) in [6.07, 6.45) is -1.83. The summed E-state index contributed by atoms with van der Waals surface area (Å²) < 4.78 is 40.4. The fraction of sp³-hybridized carbons (Fsp3) is 0.250. The minimum absolute atomic E-state index is 0.0316. The molecule has 0 radical (unpaired) electrons. The number of hydrogen-bond donors (Lipinski definition) is 1. The highest BCUT2D eigenvalue weighted by Crippen LogP contribution is 2.23. The second-order valence-corrected chi connectivity index (χ2v) is 6.30. The molecule has 1 N–H and O–H groups in total. The zero-order chi connectivity index (χ0) is 19.4. The molecule has 142 valence electrons. The molecule has 0 aliphatic rings. The molecule has 1 heterocycles. The van der Waals surface area contributed by atoms with Gasteiger partial charge in [0.15, 0.2) is 0 Å². The maximum atomic E-state index is 12.4. The van der Waals surface area contributed by atoms with Crippen LogP contribution in [0.25, 0.3) is 10.9 Å². The molecular formula is C20H19F3N2O2. The lowest BCUT2D eigenvalue weighted by atomic mass is 10.1. The summed E-state index contributed by atoms with van der Waals surface area (Å²) in [5, 5.41) is 1.10. The molecule has 0 spiro atoms. The molecule has 0 unspecified atom stereocenters. The fourth-order valence-electron chi connectivity index (χ4n) is 2.93. The smallest absolute Gasteiger partial charge is 0.406 e. The maximum absolute atomic E-state index is 12.4. The summed E-state index contributed by atoms with van der Waals surface area (Å²) >= 11 is 0. The second kappa shape index (κ2) is 7.73. The SMILES string of the molecule is CN(Cc1ccc(OC(F)(F)F)cc1)C(=O)CCc1c[nH]c2ccccc12. The zero-order valence-corrected chi connectivity index (χ0v) is 14.7. The number of carbonyl (C=O) groups excluding carboxylic acids is 1. The molecule has 0 bridgehead atoms. The number of para-hydroxylation sites is 1. The predicted molar refractivity (Wildman–Crippen MR) is 96.2 cm³/mol. The van der Waals surface area contributed by atoms with Gasteiger partial charge in [-0.1, -0.05) is 30.3 Å². The van der Waals surface area contributed by atoms with Crippen molar-refractivity contribution in [1.29, 1.82) is 0 Å². The highest BCUT2D eigenvalue weighted by atomic mass is 19.4. The van der Waals surface area contributed by atoms with Crippen molar-refractivity contribution in [2.24, 2.45) is 0 Å². The van der Waals surface area contributed by atoms with E-state index in [0.29, 0.717) is 19.4 Å². The van der Waals surface area contributed by atoms with Crippen molar-refractivity contribution in [2.45, 2.75) is 25.7 Å². The van der Waals surface area contributed by atoms with E-state index in [-0.39, 0.29) is 11.7 Å². The molecule has 0 fully saturated rings. The van der Waals surface area contributed by atoms with Crippen LogP contribution in [0.3, 0.4) is 0 Å². The number of benzene rings is 2. The fourth-order valence-corrected chi connectivity index (χ4v) is 2.93. The summed E-state index contributed by atoms with van der Waals surface area (Å²) in [7, 11) is 1.68. The number of H-pyrrole nitrogens is 1. The first-order valence-electron chi connectivity index (χ1n) is 8.45. The van der Waals surface area contributed by atoms with Gasteiger partial charge in [-0.25, -0.2) is 0 Å². The van der Waals surface area contributed by atoms with Crippen LogP contribution in [0.5, 0.6) is 5.75 Å². The number of halogens is 3. The van der Waals surface area contributed by atoms with E-state index in [4.69, 9.17) is 0 Å². The van der Waals surface area contributed by atoms with E-state index in [1.54, 1.807) is 11.9 Å². The number of carbonyl (C=O) groups is 1. The van der Waals surface area contributed by atoms with E-state index < -0.39 is 6.36 Å². The molecule has 3 aromatic rings. The maximum Gasteiger partial charge on any atom is 0.573 e. The van der Waals surface area contributed by atoms with E-state index in [2.05, 4.69) is 9.72 Å². The molecule has 2 aromatic carbocycles. The molecular weight excluding hydrogens is 357 g/mol. The van der Waals surface area contributed by atoms with Crippen molar-refractivity contribution in [3.8, 4) is 5.75 Å². The molecule has 0 saturated carbocycles. The van der Waals surface area contributed by atoms with Gasteiger partial charge >= 0.3 is 6.36 Å². The Morgan fingerprint density at radius 1 is 1.11 bits per heavy atom. The monoisotopic (exact) mass is 376 g/mol. The van der Waals surface area contributed by atoms with Crippen LogP contribution in [0, 0.1) is 0 Å². The van der Waals surface area contributed by atoms with Crippen molar-refractivity contribution in [2.75, 3.05) is 7.05 Å². The van der Waals surface area contributed by atoms with Crippen molar-refractivity contribution >= 4 is 16.8 Å². The Morgan fingerprint density at radius 2 is 1.81 bits per heavy atom. The molecule has 1 amide bonds. The van der Waals surface area contributed by atoms with Crippen LogP contribution in [0.15, 0.2) is 54.7 Å². The molecule has 1 aromatic heterocycles. The van der Waals surface area contributed by atoms with Gasteiger partial charge < -0.3 is 14.6 Å². The van der Waals surface area contributed by atoms with E-state index in [1.807, 2.05) is 30.5 Å². The molecule has 4 nitrogen and oxygen atoms in total. The summed E-state index contributed by atoms with van der Waals surface area (Å²) in [4.78, 5) is 17.1. The van der Waals surface area contributed by atoms with Gasteiger partial charge in [0.2, 0.25) is 5.91 Å². The predicted octanol–water partition coefficient (Wildman–Crippen LogP) is 4.66. The second-order valence-electron chi connectivity index (χ2n) is 6.30. The van der Waals surface area contributed by atoms with Gasteiger partial charge in [0.1, 0.15) is 5.75 Å². The molecule has 27 heavy (non-hydrogen) atoms. The summed E-state index contributed by atoms with van der Waals surface area (Å²) in [6, 6.07) is 13.4. The summed E-state index contributed by atoms with van der Waals surface area (Å²) in [5.41, 5.74) is 2.85. The lowest BCUT2D eigenvalue weighted by Crippen LogP contribution is -2.26. The Bertz CT molecular complexity index is 917. The van der Waals surface area contributed by atoms with Gasteiger partial charge in [-0.15, -0.1) is 13.2 Å². The molecule has 7 heteroatoms. The first kappa shape index (κ1) is 18.8. The van der Waals surface area contributed by atoms with Crippen molar-refractivity contribution in [3.05, 3.63) is 65.9 Å². The first-order chi connectivity index (χ1) is 12.8. The van der Waals surface area contributed by atoms with Crippen LogP contribution in [-0.4, -0.2) is 29.2 Å². The van der Waals surface area contributed by atoms with E-state index >= 15 is 0 Å².